The molecule has 0 radical (unpaired) electrons. The minimum atomic E-state index is -0.314. The van der Waals surface area contributed by atoms with Gasteiger partial charge in [-0.1, -0.05) is 32.1 Å². The van der Waals surface area contributed by atoms with E-state index in [1.165, 1.54) is 44.9 Å². The van der Waals surface area contributed by atoms with Crippen molar-refractivity contribution in [1.82, 2.24) is 5.32 Å². The number of hydrogen-bond acceptors (Lipinski definition) is 3. The highest BCUT2D eigenvalue weighted by atomic mass is 16.5. The Bertz CT molecular complexity index is 156. The Morgan fingerprint density at radius 3 is 2.44 bits per heavy atom. The van der Waals surface area contributed by atoms with Crippen molar-refractivity contribution in [3.8, 4) is 0 Å². The third-order valence-corrected chi connectivity index (χ3v) is 3.37. The van der Waals surface area contributed by atoms with Crippen LogP contribution in [0.4, 0.5) is 0 Å². The van der Waals surface area contributed by atoms with Crippen LogP contribution in [0.3, 0.4) is 0 Å². The first-order chi connectivity index (χ1) is 7.83. The van der Waals surface area contributed by atoms with Crippen molar-refractivity contribution in [2.45, 2.75) is 63.5 Å². The molecular weight excluding hydrogens is 202 g/mol. The van der Waals surface area contributed by atoms with E-state index in [1.807, 2.05) is 0 Å². The van der Waals surface area contributed by atoms with Crippen LogP contribution in [0.2, 0.25) is 0 Å². The molecular formula is C13H27NO2. The number of nitrogens with one attached hydrogen (secondary N) is 1. The van der Waals surface area contributed by atoms with Crippen molar-refractivity contribution < 1.29 is 9.84 Å². The van der Waals surface area contributed by atoms with Crippen molar-refractivity contribution in [3.63, 3.8) is 0 Å². The Labute approximate surface area is 99.6 Å². The second-order valence-electron chi connectivity index (χ2n) is 4.89. The van der Waals surface area contributed by atoms with Crippen molar-refractivity contribution in [3.05, 3.63) is 0 Å². The molecule has 0 aromatic heterocycles. The lowest BCUT2D eigenvalue weighted by molar-refractivity contribution is 0.0588. The third kappa shape index (κ3) is 6.46. The summed E-state index contributed by atoms with van der Waals surface area (Å²) in [6, 6.07) is 0.676. The molecule has 1 saturated carbocycles. The van der Waals surface area contributed by atoms with Crippen LogP contribution in [-0.2, 0) is 4.74 Å². The predicted molar refractivity (Wildman–Crippen MR) is 66.6 cm³/mol. The molecule has 3 nitrogen and oxygen atoms in total. The molecule has 1 aliphatic rings. The van der Waals surface area contributed by atoms with Crippen LogP contribution in [-0.4, -0.2) is 37.5 Å². The maximum atomic E-state index is 9.51. The van der Waals surface area contributed by atoms with Crippen LogP contribution in [0.25, 0.3) is 0 Å². The fourth-order valence-corrected chi connectivity index (χ4v) is 2.39. The van der Waals surface area contributed by atoms with Crippen molar-refractivity contribution in [2.75, 3.05) is 20.3 Å². The van der Waals surface area contributed by atoms with Crippen LogP contribution < -0.4 is 5.32 Å². The second-order valence-corrected chi connectivity index (χ2v) is 4.89. The summed E-state index contributed by atoms with van der Waals surface area (Å²) in [5.74, 6) is 0. The van der Waals surface area contributed by atoms with Crippen molar-refractivity contribution >= 4 is 0 Å². The average Bonchev–Trinajstić information content (AvgIpc) is 2.21. The highest BCUT2D eigenvalue weighted by molar-refractivity contribution is 4.70. The number of aliphatic hydroxyl groups excluding tert-OH is 1. The smallest absolute Gasteiger partial charge is 0.0785 e. The monoisotopic (exact) mass is 229 g/mol. The second kappa shape index (κ2) is 8.97. The van der Waals surface area contributed by atoms with Crippen molar-refractivity contribution in [2.24, 2.45) is 0 Å². The quantitative estimate of drug-likeness (QED) is 0.733. The lowest BCUT2D eigenvalue weighted by atomic mass is 9.96. The molecule has 0 saturated heterocycles. The summed E-state index contributed by atoms with van der Waals surface area (Å²) in [5.41, 5.74) is 0. The highest BCUT2D eigenvalue weighted by Crippen LogP contribution is 2.16. The van der Waals surface area contributed by atoms with E-state index in [1.54, 1.807) is 7.11 Å². The Morgan fingerprint density at radius 2 is 1.81 bits per heavy atom. The van der Waals surface area contributed by atoms with Gasteiger partial charge in [0.05, 0.1) is 12.7 Å². The summed E-state index contributed by atoms with van der Waals surface area (Å²) in [5, 5.41) is 13.1. The predicted octanol–water partition coefficient (Wildman–Crippen LogP) is 2.09. The molecule has 1 aliphatic carbocycles. The van der Waals surface area contributed by atoms with Crippen LogP contribution in [0, 0.1) is 0 Å². The summed E-state index contributed by atoms with van der Waals surface area (Å²) >= 11 is 0. The first-order valence-corrected chi connectivity index (χ1v) is 6.73. The van der Waals surface area contributed by atoms with Gasteiger partial charge >= 0.3 is 0 Å². The van der Waals surface area contributed by atoms with Gasteiger partial charge in [0.1, 0.15) is 0 Å². The van der Waals surface area contributed by atoms with Crippen LogP contribution in [0.5, 0.6) is 0 Å². The minimum absolute atomic E-state index is 0.314. The number of hydrogen-bond donors (Lipinski definition) is 2. The Balaban J connectivity index is 2.05. The molecule has 0 aliphatic heterocycles. The topological polar surface area (TPSA) is 41.5 Å². The normalized spacial score (nSPS) is 21.4. The molecule has 3 heteroatoms. The lowest BCUT2D eigenvalue weighted by Crippen LogP contribution is -2.32. The molecule has 1 fully saturated rings. The van der Waals surface area contributed by atoms with Gasteiger partial charge in [-0.05, 0) is 25.8 Å². The summed E-state index contributed by atoms with van der Waals surface area (Å²) in [4.78, 5) is 0. The van der Waals surface area contributed by atoms with E-state index in [9.17, 15) is 5.11 Å². The first-order valence-electron chi connectivity index (χ1n) is 6.73. The van der Waals surface area contributed by atoms with Gasteiger partial charge in [0.15, 0.2) is 0 Å². The first kappa shape index (κ1) is 13.9. The van der Waals surface area contributed by atoms with Gasteiger partial charge in [0.2, 0.25) is 0 Å². The fourth-order valence-electron chi connectivity index (χ4n) is 2.39. The zero-order valence-corrected chi connectivity index (χ0v) is 10.6. The van der Waals surface area contributed by atoms with Crippen LogP contribution in [0.1, 0.15) is 51.4 Å². The van der Waals surface area contributed by atoms with Gasteiger partial charge in [-0.3, -0.25) is 0 Å². The third-order valence-electron chi connectivity index (χ3n) is 3.37. The van der Waals surface area contributed by atoms with E-state index in [4.69, 9.17) is 4.74 Å². The maximum absolute atomic E-state index is 9.51. The van der Waals surface area contributed by atoms with Crippen LogP contribution in [0.15, 0.2) is 0 Å². The van der Waals surface area contributed by atoms with Gasteiger partial charge in [-0.15, -0.1) is 0 Å². The highest BCUT2D eigenvalue weighted by Gasteiger charge is 2.11. The number of aliphatic hydroxyl groups is 1. The van der Waals surface area contributed by atoms with Crippen molar-refractivity contribution in [1.29, 1.82) is 0 Å². The van der Waals surface area contributed by atoms with Gasteiger partial charge in [-0.2, -0.15) is 0 Å². The van der Waals surface area contributed by atoms with E-state index < -0.39 is 0 Å². The molecule has 16 heavy (non-hydrogen) atoms. The van der Waals surface area contributed by atoms with E-state index in [-0.39, 0.29) is 6.10 Å². The molecule has 0 bridgehead atoms. The maximum Gasteiger partial charge on any atom is 0.0785 e. The van der Waals surface area contributed by atoms with E-state index in [0.29, 0.717) is 12.6 Å². The molecule has 0 aromatic rings. The molecule has 1 rings (SSSR count). The Hall–Kier alpha value is -0.120. The molecule has 2 N–H and O–H groups in total. The SMILES string of the molecule is COCC(O)CCNC1CCCCCCC1. The van der Waals surface area contributed by atoms with Gasteiger partial charge in [0, 0.05) is 13.2 Å². The zero-order chi connectivity index (χ0) is 11.6. The van der Waals surface area contributed by atoms with Crippen LogP contribution >= 0.6 is 0 Å². The molecule has 1 atom stereocenters. The minimum Gasteiger partial charge on any atom is -0.391 e. The number of ether oxygens (including phenoxy) is 1. The Kier molecular flexibility index (Phi) is 7.81. The molecule has 96 valence electrons. The van der Waals surface area contributed by atoms with Gasteiger partial charge < -0.3 is 15.2 Å². The molecule has 0 amide bonds. The average molecular weight is 229 g/mol. The van der Waals surface area contributed by atoms with E-state index >= 15 is 0 Å². The summed E-state index contributed by atoms with van der Waals surface area (Å²) < 4.78 is 4.90. The zero-order valence-electron chi connectivity index (χ0n) is 10.6. The summed E-state index contributed by atoms with van der Waals surface area (Å²) in [6.07, 6.45) is 10.0. The Morgan fingerprint density at radius 1 is 1.19 bits per heavy atom. The summed E-state index contributed by atoms with van der Waals surface area (Å²) in [7, 11) is 1.63. The molecule has 0 aromatic carbocycles. The number of methoxy groups -OCH3 is 1. The fraction of sp³-hybridized carbons (Fsp3) is 1.00. The van der Waals surface area contributed by atoms with Gasteiger partial charge in [0.25, 0.3) is 0 Å². The number of rotatable bonds is 6. The van der Waals surface area contributed by atoms with E-state index in [0.717, 1.165) is 13.0 Å². The van der Waals surface area contributed by atoms with Gasteiger partial charge in [-0.25, -0.2) is 0 Å². The van der Waals surface area contributed by atoms with E-state index in [2.05, 4.69) is 5.32 Å². The molecule has 0 heterocycles. The standard InChI is InChI=1S/C13H27NO2/c1-16-11-13(15)9-10-14-12-7-5-3-2-4-6-8-12/h12-15H,2-11H2,1H3. The lowest BCUT2D eigenvalue weighted by Gasteiger charge is -2.21. The molecule has 1 unspecified atom stereocenters. The largest absolute Gasteiger partial charge is 0.391 e. The summed E-state index contributed by atoms with van der Waals surface area (Å²) in [6.45, 7) is 1.36. The molecule has 0 spiro atoms.